The quantitative estimate of drug-likeness (QED) is 0.495. The van der Waals surface area contributed by atoms with Gasteiger partial charge in [-0.1, -0.05) is 53.0 Å². The lowest BCUT2D eigenvalue weighted by atomic mass is 10.1. The second-order valence-corrected chi connectivity index (χ2v) is 10.8. The van der Waals surface area contributed by atoms with Crippen molar-refractivity contribution in [2.75, 3.05) is 13.1 Å². The van der Waals surface area contributed by atoms with Gasteiger partial charge in [-0.25, -0.2) is 4.98 Å². The molecule has 1 aromatic heterocycles. The first-order valence-corrected chi connectivity index (χ1v) is 12.5. The summed E-state index contributed by atoms with van der Waals surface area (Å²) in [5.41, 5.74) is 3.11. The minimum Gasteiger partial charge on any atom is -0.350 e. The number of nitrogens with one attached hydrogen (secondary N) is 1. The SMILES string of the molecule is Cc1cccc(-c2sc(C)nc2C(=O)N2C[C@H]3C[C@H]3[C@H]2CNC(=O)c2ccc(Cl)c(Cl)c2)c1. The summed E-state index contributed by atoms with van der Waals surface area (Å²) in [7, 11) is 0. The highest BCUT2D eigenvalue weighted by Crippen LogP contribution is 2.50. The minimum absolute atomic E-state index is 0.0402. The van der Waals surface area contributed by atoms with Gasteiger partial charge in [0.05, 0.1) is 26.0 Å². The molecule has 5 nitrogen and oxygen atoms in total. The maximum atomic E-state index is 13.6. The van der Waals surface area contributed by atoms with Crippen molar-refractivity contribution in [1.82, 2.24) is 15.2 Å². The molecule has 3 aromatic rings. The van der Waals surface area contributed by atoms with Gasteiger partial charge in [0.25, 0.3) is 11.8 Å². The number of carbonyl (C=O) groups excluding carboxylic acids is 2. The number of thiazole rings is 1. The zero-order chi connectivity index (χ0) is 23.3. The van der Waals surface area contributed by atoms with Crippen molar-refractivity contribution in [2.24, 2.45) is 11.8 Å². The molecule has 3 atom stereocenters. The molecule has 1 saturated heterocycles. The number of benzene rings is 2. The molecule has 5 rings (SSSR count). The van der Waals surface area contributed by atoms with E-state index in [-0.39, 0.29) is 17.9 Å². The standard InChI is InChI=1S/C25H23Cl2N3O2S/c1-13-4-3-5-15(8-13)23-22(29-14(2)33-23)25(32)30-12-17-9-18(17)21(30)11-28-24(31)16-6-7-19(26)20(27)10-16/h3-8,10,17-18,21H,9,11-12H2,1-2H3,(H,28,31)/t17-,18-,21-/m1/s1. The van der Waals surface area contributed by atoms with E-state index >= 15 is 0 Å². The van der Waals surface area contributed by atoms with E-state index < -0.39 is 0 Å². The van der Waals surface area contributed by atoms with Gasteiger partial charge in [-0.15, -0.1) is 11.3 Å². The summed E-state index contributed by atoms with van der Waals surface area (Å²) < 4.78 is 0. The monoisotopic (exact) mass is 499 g/mol. The summed E-state index contributed by atoms with van der Waals surface area (Å²) in [5, 5.41) is 4.60. The van der Waals surface area contributed by atoms with E-state index in [1.807, 2.05) is 36.9 Å². The number of likely N-dealkylation sites (tertiary alicyclic amines) is 1. The fraction of sp³-hybridized carbons (Fsp3) is 0.320. The zero-order valence-electron chi connectivity index (χ0n) is 18.3. The van der Waals surface area contributed by atoms with Crippen molar-refractivity contribution in [3.63, 3.8) is 0 Å². The van der Waals surface area contributed by atoms with Gasteiger partial charge in [-0.2, -0.15) is 0 Å². The van der Waals surface area contributed by atoms with E-state index in [9.17, 15) is 9.59 Å². The Hall–Kier alpha value is -2.41. The Bertz CT molecular complexity index is 1260. The largest absolute Gasteiger partial charge is 0.350 e. The molecule has 0 spiro atoms. The number of hydrogen-bond acceptors (Lipinski definition) is 4. The number of fused-ring (bicyclic) bond motifs is 1. The van der Waals surface area contributed by atoms with Crippen molar-refractivity contribution in [3.05, 3.63) is 74.3 Å². The average molecular weight is 500 g/mol. The smallest absolute Gasteiger partial charge is 0.274 e. The molecule has 2 fully saturated rings. The second-order valence-electron chi connectivity index (χ2n) is 8.80. The highest BCUT2D eigenvalue weighted by Gasteiger charge is 2.54. The van der Waals surface area contributed by atoms with E-state index in [4.69, 9.17) is 23.2 Å². The Kier molecular flexibility index (Phi) is 5.93. The van der Waals surface area contributed by atoms with Crippen LogP contribution in [-0.2, 0) is 0 Å². The van der Waals surface area contributed by atoms with Crippen molar-refractivity contribution in [3.8, 4) is 10.4 Å². The van der Waals surface area contributed by atoms with Crippen molar-refractivity contribution in [2.45, 2.75) is 26.3 Å². The van der Waals surface area contributed by atoms with Crippen LogP contribution in [-0.4, -0.2) is 40.8 Å². The van der Waals surface area contributed by atoms with Crippen LogP contribution >= 0.6 is 34.5 Å². The van der Waals surface area contributed by atoms with E-state index in [0.717, 1.165) is 27.4 Å². The number of hydrogen-bond donors (Lipinski definition) is 1. The Morgan fingerprint density at radius 2 is 1.97 bits per heavy atom. The Labute approximate surface area is 206 Å². The van der Waals surface area contributed by atoms with Crippen LogP contribution in [0.4, 0.5) is 0 Å². The molecular weight excluding hydrogens is 477 g/mol. The van der Waals surface area contributed by atoms with Crippen LogP contribution in [0.1, 0.15) is 37.8 Å². The lowest BCUT2D eigenvalue weighted by molar-refractivity contribution is 0.0690. The summed E-state index contributed by atoms with van der Waals surface area (Å²) in [5.74, 6) is 0.639. The maximum absolute atomic E-state index is 13.6. The molecule has 8 heteroatoms. The number of nitrogens with zero attached hydrogens (tertiary/aromatic N) is 2. The molecule has 2 amide bonds. The average Bonchev–Trinajstić information content (AvgIpc) is 3.30. The number of piperidine rings is 1. The highest BCUT2D eigenvalue weighted by molar-refractivity contribution is 7.15. The first-order valence-electron chi connectivity index (χ1n) is 10.9. The van der Waals surface area contributed by atoms with E-state index in [1.54, 1.807) is 29.5 Å². The lowest BCUT2D eigenvalue weighted by Crippen LogP contribution is -2.45. The van der Waals surface area contributed by atoms with Crippen LogP contribution < -0.4 is 5.32 Å². The second kappa shape index (κ2) is 8.75. The van der Waals surface area contributed by atoms with Crippen molar-refractivity contribution < 1.29 is 9.59 Å². The van der Waals surface area contributed by atoms with E-state index in [1.165, 1.54) is 0 Å². The fourth-order valence-corrected chi connectivity index (χ4v) is 5.90. The molecular formula is C25H23Cl2N3O2S. The highest BCUT2D eigenvalue weighted by atomic mass is 35.5. The van der Waals surface area contributed by atoms with Gasteiger partial charge in [-0.05, 0) is 55.9 Å². The number of aryl methyl sites for hydroxylation is 2. The first kappa shape index (κ1) is 22.4. The Morgan fingerprint density at radius 1 is 1.15 bits per heavy atom. The Balaban J connectivity index is 1.35. The molecule has 1 aliphatic heterocycles. The van der Waals surface area contributed by atoms with Gasteiger partial charge in [0.2, 0.25) is 0 Å². The van der Waals surface area contributed by atoms with Gasteiger partial charge in [0, 0.05) is 18.7 Å². The van der Waals surface area contributed by atoms with Gasteiger partial charge < -0.3 is 10.2 Å². The van der Waals surface area contributed by atoms with Crippen molar-refractivity contribution >= 4 is 46.4 Å². The maximum Gasteiger partial charge on any atom is 0.274 e. The topological polar surface area (TPSA) is 62.3 Å². The number of carbonyl (C=O) groups is 2. The molecule has 0 bridgehead atoms. The summed E-state index contributed by atoms with van der Waals surface area (Å²) in [6.45, 7) is 5.08. The van der Waals surface area contributed by atoms with E-state index in [0.29, 0.717) is 46.2 Å². The first-order chi connectivity index (χ1) is 15.8. The van der Waals surface area contributed by atoms with Crippen LogP contribution in [0.5, 0.6) is 0 Å². The molecule has 1 N–H and O–H groups in total. The molecule has 1 aliphatic carbocycles. The number of rotatable bonds is 5. The van der Waals surface area contributed by atoms with Crippen LogP contribution in [0.15, 0.2) is 42.5 Å². The Morgan fingerprint density at radius 3 is 2.73 bits per heavy atom. The van der Waals surface area contributed by atoms with Crippen LogP contribution in [0.2, 0.25) is 10.0 Å². The molecule has 170 valence electrons. The summed E-state index contributed by atoms with van der Waals surface area (Å²) in [6, 6.07) is 12.9. The third kappa shape index (κ3) is 4.39. The number of amides is 2. The number of halogens is 2. The summed E-state index contributed by atoms with van der Waals surface area (Å²) in [6.07, 6.45) is 1.10. The predicted molar refractivity (Wildman–Crippen MR) is 132 cm³/mol. The fourth-order valence-electron chi connectivity index (χ4n) is 4.69. The normalized spacial score (nSPS) is 21.1. The van der Waals surface area contributed by atoms with Gasteiger partial charge in [-0.3, -0.25) is 9.59 Å². The van der Waals surface area contributed by atoms with Crippen molar-refractivity contribution in [1.29, 1.82) is 0 Å². The van der Waals surface area contributed by atoms with Gasteiger partial charge in [0.1, 0.15) is 5.69 Å². The van der Waals surface area contributed by atoms with Crippen LogP contribution in [0.3, 0.4) is 0 Å². The van der Waals surface area contributed by atoms with Crippen LogP contribution in [0.25, 0.3) is 10.4 Å². The van der Waals surface area contributed by atoms with Crippen LogP contribution in [0, 0.1) is 25.7 Å². The summed E-state index contributed by atoms with van der Waals surface area (Å²) >= 11 is 13.6. The molecule has 0 unspecified atom stereocenters. The van der Waals surface area contributed by atoms with Gasteiger partial charge >= 0.3 is 0 Å². The zero-order valence-corrected chi connectivity index (χ0v) is 20.6. The molecule has 0 radical (unpaired) electrons. The van der Waals surface area contributed by atoms with Gasteiger partial charge in [0.15, 0.2) is 0 Å². The molecule has 2 aliphatic rings. The summed E-state index contributed by atoms with van der Waals surface area (Å²) in [4.78, 5) is 33.7. The molecule has 33 heavy (non-hydrogen) atoms. The minimum atomic E-state index is -0.227. The lowest BCUT2D eigenvalue weighted by Gasteiger charge is -2.27. The predicted octanol–water partition coefficient (Wildman–Crippen LogP) is 5.62. The molecule has 1 saturated carbocycles. The third-order valence-corrected chi connectivity index (χ3v) is 8.19. The number of aromatic nitrogens is 1. The molecule has 2 aromatic carbocycles. The molecule has 2 heterocycles. The third-order valence-electron chi connectivity index (χ3n) is 6.43. The van der Waals surface area contributed by atoms with E-state index in [2.05, 4.69) is 16.4 Å².